The van der Waals surface area contributed by atoms with Crippen molar-refractivity contribution in [1.82, 2.24) is 25.0 Å². The molecule has 3 aromatic rings. The van der Waals surface area contributed by atoms with Crippen molar-refractivity contribution in [2.75, 3.05) is 22.6 Å². The van der Waals surface area contributed by atoms with Crippen LogP contribution in [0.4, 0.5) is 5.13 Å². The van der Waals surface area contributed by atoms with Gasteiger partial charge in [-0.1, -0.05) is 30.0 Å². The Labute approximate surface area is 188 Å². The van der Waals surface area contributed by atoms with Gasteiger partial charge in [-0.15, -0.1) is 10.2 Å². The summed E-state index contributed by atoms with van der Waals surface area (Å²) in [5.41, 5.74) is 2.61. The van der Waals surface area contributed by atoms with Gasteiger partial charge in [0.05, 0.1) is 34.2 Å². The predicted octanol–water partition coefficient (Wildman–Crippen LogP) is 3.19. The number of aryl methyl sites for hydroxylation is 1. The molecule has 0 spiro atoms. The zero-order valence-electron chi connectivity index (χ0n) is 17.2. The van der Waals surface area contributed by atoms with Crippen molar-refractivity contribution >= 4 is 55.0 Å². The van der Waals surface area contributed by atoms with Crippen LogP contribution in [0.5, 0.6) is 0 Å². The lowest BCUT2D eigenvalue weighted by Crippen LogP contribution is -2.15. The number of hydrogen-bond acceptors (Lipinski definition) is 9. The minimum Gasteiger partial charge on any atom is -0.296 e. The van der Waals surface area contributed by atoms with E-state index in [-0.39, 0.29) is 23.5 Å². The van der Waals surface area contributed by atoms with Crippen LogP contribution in [-0.4, -0.2) is 56.5 Å². The van der Waals surface area contributed by atoms with Crippen molar-refractivity contribution in [3.63, 3.8) is 0 Å². The summed E-state index contributed by atoms with van der Waals surface area (Å²) in [5.74, 6) is 1.15. The lowest BCUT2D eigenvalue weighted by molar-refractivity contribution is 0.102. The molecular formula is C19H22N6O3S3. The van der Waals surface area contributed by atoms with Crippen molar-refractivity contribution in [3.8, 4) is 0 Å². The van der Waals surface area contributed by atoms with Gasteiger partial charge in [-0.3, -0.25) is 10.1 Å². The second-order valence-corrected chi connectivity index (χ2v) is 12.6. The summed E-state index contributed by atoms with van der Waals surface area (Å²) in [5, 5.41) is 16.8. The van der Waals surface area contributed by atoms with Gasteiger partial charge in [0.2, 0.25) is 5.13 Å². The van der Waals surface area contributed by atoms with E-state index in [9.17, 15) is 13.2 Å². The quantitative estimate of drug-likeness (QED) is 0.424. The van der Waals surface area contributed by atoms with Crippen molar-refractivity contribution in [2.45, 2.75) is 49.4 Å². The number of fused-ring (bicyclic) bond motifs is 1. The highest BCUT2D eigenvalue weighted by molar-refractivity contribution is 8.01. The summed E-state index contributed by atoms with van der Waals surface area (Å²) in [7, 11) is -3.07. The Morgan fingerprint density at radius 3 is 2.81 bits per heavy atom. The first-order valence-corrected chi connectivity index (χ1v) is 13.8. The topological polar surface area (TPSA) is 120 Å². The second kappa shape index (κ2) is 7.82. The summed E-state index contributed by atoms with van der Waals surface area (Å²) in [6.45, 7) is 3.87. The molecule has 1 saturated carbocycles. The molecule has 1 saturated heterocycles. The van der Waals surface area contributed by atoms with Gasteiger partial charge in [0, 0.05) is 11.6 Å². The van der Waals surface area contributed by atoms with E-state index in [0.29, 0.717) is 39.8 Å². The van der Waals surface area contributed by atoms with E-state index in [1.807, 2.05) is 19.9 Å². The number of carbonyl (C=O) groups is 1. The van der Waals surface area contributed by atoms with E-state index in [1.54, 1.807) is 16.4 Å². The fraction of sp³-hybridized carbons (Fsp3) is 0.526. The third-order valence-corrected chi connectivity index (χ3v) is 9.15. The summed E-state index contributed by atoms with van der Waals surface area (Å²) < 4.78 is 26.6. The molecule has 31 heavy (non-hydrogen) atoms. The van der Waals surface area contributed by atoms with Crippen molar-refractivity contribution < 1.29 is 13.2 Å². The Hall–Kier alpha value is -2.05. The molecule has 164 valence electrons. The van der Waals surface area contributed by atoms with Gasteiger partial charge in [-0.25, -0.2) is 18.1 Å². The first-order chi connectivity index (χ1) is 14.8. The number of amides is 1. The molecule has 1 N–H and O–H groups in total. The third-order valence-electron chi connectivity index (χ3n) is 5.55. The molecule has 12 heteroatoms. The molecule has 0 aromatic carbocycles. The van der Waals surface area contributed by atoms with E-state index in [1.165, 1.54) is 11.3 Å². The van der Waals surface area contributed by atoms with Gasteiger partial charge in [-0.2, -0.15) is 5.10 Å². The number of nitrogens with zero attached hydrogens (tertiary/aromatic N) is 5. The number of aromatic nitrogens is 5. The molecule has 3 aromatic heterocycles. The normalized spacial score (nSPS) is 20.4. The number of rotatable bonds is 6. The lowest BCUT2D eigenvalue weighted by atomic mass is 10.1. The molecular weight excluding hydrogens is 456 g/mol. The van der Waals surface area contributed by atoms with Crippen LogP contribution >= 0.6 is 23.1 Å². The molecule has 1 atom stereocenters. The fourth-order valence-electron chi connectivity index (χ4n) is 3.93. The average Bonchev–Trinajstić information content (AvgIpc) is 3.27. The molecule has 4 heterocycles. The Bertz CT molecular complexity index is 1280. The van der Waals surface area contributed by atoms with Gasteiger partial charge in [0.1, 0.15) is 0 Å². The molecule has 1 aliphatic heterocycles. The van der Waals surface area contributed by atoms with Gasteiger partial charge in [-0.05, 0) is 38.0 Å². The molecule has 1 aliphatic carbocycles. The number of pyridine rings is 1. The summed E-state index contributed by atoms with van der Waals surface area (Å²) in [6.07, 6.45) is 2.59. The minimum absolute atomic E-state index is 0.0583. The maximum absolute atomic E-state index is 13.2. The molecule has 1 amide bonds. The highest BCUT2D eigenvalue weighted by Gasteiger charge is 2.34. The van der Waals surface area contributed by atoms with Crippen LogP contribution in [0.25, 0.3) is 11.0 Å². The van der Waals surface area contributed by atoms with Crippen LogP contribution in [0.2, 0.25) is 0 Å². The number of thioether (sulfide) groups is 1. The molecule has 5 rings (SSSR count). The predicted molar refractivity (Wildman–Crippen MR) is 121 cm³/mol. The Kier molecular flexibility index (Phi) is 5.25. The summed E-state index contributed by atoms with van der Waals surface area (Å²) >= 11 is 2.92. The van der Waals surface area contributed by atoms with E-state index in [4.69, 9.17) is 4.98 Å². The number of anilines is 1. The molecule has 2 aliphatic rings. The molecule has 0 bridgehead atoms. The van der Waals surface area contributed by atoms with Crippen LogP contribution in [0.3, 0.4) is 0 Å². The number of sulfone groups is 1. The van der Waals surface area contributed by atoms with Crippen molar-refractivity contribution in [3.05, 3.63) is 23.0 Å². The minimum atomic E-state index is -3.07. The van der Waals surface area contributed by atoms with Crippen LogP contribution in [-0.2, 0) is 9.84 Å². The Balaban J connectivity index is 1.56. The standard InChI is InChI=1S/C19H22N6O3S3/c1-3-29-19-23-22-18(30-19)21-17(26)13-8-14(11-4-5-11)20-16-15(13)10(2)24-25(16)12-6-7-31(27,28)9-12/h8,11-12H,3-7,9H2,1-2H3,(H,21,22,26). The zero-order chi connectivity index (χ0) is 21.8. The van der Waals surface area contributed by atoms with Crippen molar-refractivity contribution in [2.24, 2.45) is 0 Å². The molecule has 1 unspecified atom stereocenters. The third kappa shape index (κ3) is 4.08. The number of nitrogens with one attached hydrogen (secondary N) is 1. The monoisotopic (exact) mass is 478 g/mol. The van der Waals surface area contributed by atoms with Gasteiger partial charge in [0.15, 0.2) is 19.8 Å². The molecule has 0 radical (unpaired) electrons. The van der Waals surface area contributed by atoms with Gasteiger partial charge >= 0.3 is 0 Å². The highest BCUT2D eigenvalue weighted by Crippen LogP contribution is 2.41. The van der Waals surface area contributed by atoms with E-state index < -0.39 is 9.84 Å². The van der Waals surface area contributed by atoms with Gasteiger partial charge in [0.25, 0.3) is 5.91 Å². The van der Waals surface area contributed by atoms with E-state index >= 15 is 0 Å². The van der Waals surface area contributed by atoms with Crippen LogP contribution in [0, 0.1) is 6.92 Å². The van der Waals surface area contributed by atoms with Crippen LogP contribution in [0.15, 0.2) is 10.4 Å². The molecule has 9 nitrogen and oxygen atoms in total. The second-order valence-electron chi connectivity index (χ2n) is 7.91. The average molecular weight is 479 g/mol. The van der Waals surface area contributed by atoms with Crippen LogP contribution < -0.4 is 5.32 Å². The first-order valence-electron chi connectivity index (χ1n) is 10.2. The van der Waals surface area contributed by atoms with Crippen molar-refractivity contribution in [1.29, 1.82) is 0 Å². The number of carbonyl (C=O) groups excluding carboxylic acids is 1. The number of hydrogen-bond donors (Lipinski definition) is 1. The highest BCUT2D eigenvalue weighted by atomic mass is 32.2. The van der Waals surface area contributed by atoms with E-state index in [0.717, 1.165) is 28.6 Å². The molecule has 2 fully saturated rings. The fourth-order valence-corrected chi connectivity index (χ4v) is 7.27. The van der Waals surface area contributed by atoms with E-state index in [2.05, 4.69) is 20.6 Å². The van der Waals surface area contributed by atoms with Crippen LogP contribution in [0.1, 0.15) is 59.9 Å². The Morgan fingerprint density at radius 2 is 2.13 bits per heavy atom. The smallest absolute Gasteiger partial charge is 0.258 e. The summed E-state index contributed by atoms with van der Waals surface area (Å²) in [4.78, 5) is 18.1. The first kappa shape index (κ1) is 20.8. The summed E-state index contributed by atoms with van der Waals surface area (Å²) in [6, 6.07) is 1.60. The maximum atomic E-state index is 13.2. The Morgan fingerprint density at radius 1 is 1.32 bits per heavy atom. The maximum Gasteiger partial charge on any atom is 0.258 e. The SMILES string of the molecule is CCSc1nnc(NC(=O)c2cc(C3CC3)nc3c2c(C)nn3C2CCS(=O)(=O)C2)s1. The zero-order valence-corrected chi connectivity index (χ0v) is 19.6. The van der Waals surface area contributed by atoms with Gasteiger partial charge < -0.3 is 0 Å². The lowest BCUT2D eigenvalue weighted by Gasteiger charge is -2.11. The largest absolute Gasteiger partial charge is 0.296 e.